The molecule has 0 aliphatic carbocycles. The van der Waals surface area contributed by atoms with E-state index in [9.17, 15) is 14.0 Å². The number of carbonyl (C=O) groups is 2. The van der Waals surface area contributed by atoms with E-state index in [1.54, 1.807) is 39.7 Å². The fraction of sp³-hybridized carbons (Fsp3) is 0.500. The lowest BCUT2D eigenvalue weighted by molar-refractivity contribution is -0.137. The smallest absolute Gasteiger partial charge is 0.229 e. The molecule has 53 heavy (non-hydrogen) atoms. The molecule has 1 atom stereocenters. The van der Waals surface area contributed by atoms with Crippen LogP contribution in [0.15, 0.2) is 60.8 Å². The van der Waals surface area contributed by atoms with Crippen LogP contribution in [0.3, 0.4) is 0 Å². The highest BCUT2D eigenvalue weighted by molar-refractivity contribution is 5.95. The summed E-state index contributed by atoms with van der Waals surface area (Å²) in [4.78, 5) is 37.0. The molecule has 2 aliphatic rings. The summed E-state index contributed by atoms with van der Waals surface area (Å²) in [6, 6.07) is 10.3. The van der Waals surface area contributed by atoms with Crippen LogP contribution in [-0.4, -0.2) is 91.8 Å². The molecule has 11 heteroatoms. The molecule has 2 aromatic carbocycles. The van der Waals surface area contributed by atoms with Crippen molar-refractivity contribution in [1.29, 1.82) is 0 Å². The van der Waals surface area contributed by atoms with Crippen LogP contribution in [0.25, 0.3) is 6.08 Å². The third kappa shape index (κ3) is 9.74. The lowest BCUT2D eigenvalue weighted by Crippen LogP contribution is -2.39. The van der Waals surface area contributed by atoms with Crippen molar-refractivity contribution in [3.8, 4) is 17.2 Å². The molecule has 2 saturated heterocycles. The largest absolute Gasteiger partial charge is 0.493 e. The van der Waals surface area contributed by atoms with E-state index < -0.39 is 5.41 Å². The fourth-order valence-electron chi connectivity index (χ4n) is 7.73. The zero-order valence-corrected chi connectivity index (χ0v) is 31.9. The van der Waals surface area contributed by atoms with Crippen LogP contribution >= 0.6 is 0 Å². The molecule has 2 fully saturated rings. The number of methoxy groups -OCH3 is 3. The van der Waals surface area contributed by atoms with Crippen LogP contribution in [-0.2, 0) is 29.0 Å². The standard InChI is InChI=1S/C42H55FN4O6/c1-6-8-9-11-35-29-44-40(47(35)24-25-53-7-2)38(48)33-16-21-45(22-17-33)20-10-18-42(28-31-12-14-34(43)15-13-31)19-23-46(41(42)49)30-32-26-36(50-3)39(52-5)37(27-32)51-4/h6,8-9,11-15,26-27,29,33H,7,10,16-25,28,30H2,1-5H3/b8-6+,11-9+. The van der Waals surface area contributed by atoms with E-state index in [-0.39, 0.29) is 23.4 Å². The van der Waals surface area contributed by atoms with Gasteiger partial charge in [0.15, 0.2) is 17.3 Å². The van der Waals surface area contributed by atoms with Crippen LogP contribution in [0.2, 0.25) is 0 Å². The predicted octanol–water partition coefficient (Wildman–Crippen LogP) is 7.01. The van der Waals surface area contributed by atoms with Crippen molar-refractivity contribution in [3.05, 3.63) is 89.3 Å². The average Bonchev–Trinajstić information content (AvgIpc) is 3.71. The first kappa shape index (κ1) is 39.7. The lowest BCUT2D eigenvalue weighted by Gasteiger charge is -2.33. The number of halogens is 1. The number of aromatic nitrogens is 2. The normalized spacial score (nSPS) is 18.5. The fourth-order valence-corrected chi connectivity index (χ4v) is 7.73. The third-order valence-corrected chi connectivity index (χ3v) is 10.6. The number of hydrogen-bond acceptors (Lipinski definition) is 8. The van der Waals surface area contributed by atoms with Crippen molar-refractivity contribution in [2.24, 2.45) is 11.3 Å². The van der Waals surface area contributed by atoms with E-state index in [4.69, 9.17) is 18.9 Å². The number of benzene rings is 2. The van der Waals surface area contributed by atoms with E-state index in [0.29, 0.717) is 75.2 Å². The number of allylic oxidation sites excluding steroid dienone is 3. The Balaban J connectivity index is 1.22. The van der Waals surface area contributed by atoms with Crippen LogP contribution in [0.1, 0.15) is 73.4 Å². The summed E-state index contributed by atoms with van der Waals surface area (Å²) >= 11 is 0. The maximum atomic E-state index is 14.3. The number of amides is 1. The van der Waals surface area contributed by atoms with E-state index >= 15 is 0 Å². The summed E-state index contributed by atoms with van der Waals surface area (Å²) < 4.78 is 38.0. The number of imidazole rings is 1. The van der Waals surface area contributed by atoms with Crippen molar-refractivity contribution in [2.45, 2.75) is 65.5 Å². The van der Waals surface area contributed by atoms with Gasteiger partial charge in [-0.3, -0.25) is 9.59 Å². The minimum absolute atomic E-state index is 0.0862. The van der Waals surface area contributed by atoms with Crippen LogP contribution in [0.4, 0.5) is 4.39 Å². The van der Waals surface area contributed by atoms with Gasteiger partial charge in [0.2, 0.25) is 17.4 Å². The minimum Gasteiger partial charge on any atom is -0.493 e. The van der Waals surface area contributed by atoms with Gasteiger partial charge >= 0.3 is 0 Å². The first-order valence-corrected chi connectivity index (χ1v) is 18.8. The molecule has 1 amide bonds. The number of hydrogen-bond donors (Lipinski definition) is 0. The highest BCUT2D eigenvalue weighted by atomic mass is 19.1. The summed E-state index contributed by atoms with van der Waals surface area (Å²) in [6.07, 6.45) is 14.0. The second-order valence-corrected chi connectivity index (χ2v) is 13.9. The van der Waals surface area contributed by atoms with Gasteiger partial charge in [0.25, 0.3) is 0 Å². The van der Waals surface area contributed by atoms with Gasteiger partial charge in [0.05, 0.1) is 45.2 Å². The number of piperidine rings is 1. The molecular formula is C42H55FN4O6. The monoisotopic (exact) mass is 730 g/mol. The summed E-state index contributed by atoms with van der Waals surface area (Å²) in [5, 5.41) is 0. The summed E-state index contributed by atoms with van der Waals surface area (Å²) in [5.74, 6) is 1.93. The molecule has 1 aromatic heterocycles. The lowest BCUT2D eigenvalue weighted by atomic mass is 9.76. The van der Waals surface area contributed by atoms with Gasteiger partial charge in [0, 0.05) is 32.2 Å². The highest BCUT2D eigenvalue weighted by Gasteiger charge is 2.46. The van der Waals surface area contributed by atoms with E-state index in [0.717, 1.165) is 55.7 Å². The molecule has 2 aliphatic heterocycles. The van der Waals surface area contributed by atoms with Crippen LogP contribution in [0.5, 0.6) is 17.2 Å². The van der Waals surface area contributed by atoms with Crippen molar-refractivity contribution >= 4 is 17.8 Å². The minimum atomic E-state index is -0.593. The molecule has 3 aromatic rings. The SMILES string of the molecule is C/C=C/C=C/c1cnc(C(=O)C2CCN(CCCC3(Cc4ccc(F)cc4)CCN(Cc4cc(OC)c(OC)c(OC)c4)C3=O)CC2)n1CCOCC. The Labute approximate surface area is 313 Å². The highest BCUT2D eigenvalue weighted by Crippen LogP contribution is 2.43. The third-order valence-electron chi connectivity index (χ3n) is 10.6. The molecule has 5 rings (SSSR count). The molecule has 10 nitrogen and oxygen atoms in total. The topological polar surface area (TPSA) is 95.4 Å². The van der Waals surface area contributed by atoms with Gasteiger partial charge in [-0.25, -0.2) is 9.37 Å². The van der Waals surface area contributed by atoms with Gasteiger partial charge in [-0.2, -0.15) is 0 Å². The first-order chi connectivity index (χ1) is 25.7. The van der Waals surface area contributed by atoms with Crippen molar-refractivity contribution in [3.63, 3.8) is 0 Å². The van der Waals surface area contributed by atoms with Gasteiger partial charge in [0.1, 0.15) is 5.82 Å². The Kier molecular flexibility index (Phi) is 14.3. The second-order valence-electron chi connectivity index (χ2n) is 13.9. The van der Waals surface area contributed by atoms with Crippen molar-refractivity contribution in [1.82, 2.24) is 19.4 Å². The Hall–Kier alpha value is -4.48. The molecule has 286 valence electrons. The maximum Gasteiger partial charge on any atom is 0.229 e. The Morgan fingerprint density at radius 3 is 2.34 bits per heavy atom. The summed E-state index contributed by atoms with van der Waals surface area (Å²) in [6.45, 7) is 9.15. The maximum absolute atomic E-state index is 14.3. The number of rotatable bonds is 19. The molecule has 0 N–H and O–H groups in total. The summed E-state index contributed by atoms with van der Waals surface area (Å²) in [7, 11) is 4.73. The first-order valence-electron chi connectivity index (χ1n) is 18.8. The van der Waals surface area contributed by atoms with Crippen molar-refractivity contribution in [2.75, 3.05) is 60.7 Å². The number of likely N-dealkylation sites (tertiary alicyclic amines) is 2. The predicted molar refractivity (Wildman–Crippen MR) is 204 cm³/mol. The van der Waals surface area contributed by atoms with Gasteiger partial charge < -0.3 is 33.3 Å². The number of ketones is 1. The number of carbonyl (C=O) groups excluding carboxylic acids is 2. The molecular weight excluding hydrogens is 675 g/mol. The Morgan fingerprint density at radius 1 is 0.981 bits per heavy atom. The number of Topliss-reactive ketones (excluding diaryl/α,β-unsaturated/α-hetero) is 1. The number of nitrogens with zero attached hydrogens (tertiary/aromatic N) is 4. The second kappa shape index (κ2) is 19.0. The quantitative estimate of drug-likeness (QED) is 0.0739. The van der Waals surface area contributed by atoms with Crippen molar-refractivity contribution < 1.29 is 32.9 Å². The zero-order valence-electron chi connectivity index (χ0n) is 31.9. The molecule has 1 unspecified atom stereocenters. The molecule has 0 spiro atoms. The molecule has 0 saturated carbocycles. The van der Waals surface area contributed by atoms with E-state index in [1.165, 1.54) is 12.1 Å². The van der Waals surface area contributed by atoms with Gasteiger partial charge in [-0.1, -0.05) is 30.4 Å². The van der Waals surface area contributed by atoms with Gasteiger partial charge in [-0.05, 0) is 113 Å². The van der Waals surface area contributed by atoms with E-state index in [1.807, 2.05) is 59.8 Å². The Morgan fingerprint density at radius 2 is 1.70 bits per heavy atom. The van der Waals surface area contributed by atoms with Gasteiger partial charge in [-0.15, -0.1) is 0 Å². The number of ether oxygens (including phenoxy) is 4. The van der Waals surface area contributed by atoms with Crippen LogP contribution < -0.4 is 14.2 Å². The van der Waals surface area contributed by atoms with E-state index in [2.05, 4.69) is 9.88 Å². The zero-order chi connectivity index (χ0) is 37.8. The molecule has 0 radical (unpaired) electrons. The average molecular weight is 731 g/mol. The summed E-state index contributed by atoms with van der Waals surface area (Å²) in [5.41, 5.74) is 2.14. The Bertz CT molecular complexity index is 1700. The molecule has 3 heterocycles. The molecule has 0 bridgehead atoms. The van der Waals surface area contributed by atoms with Crippen LogP contribution in [0, 0.1) is 17.2 Å².